The lowest BCUT2D eigenvalue weighted by atomic mass is 10.0. The predicted octanol–water partition coefficient (Wildman–Crippen LogP) is 7.90. The molecule has 0 saturated carbocycles. The van der Waals surface area contributed by atoms with E-state index in [1.54, 1.807) is 31.2 Å². The Morgan fingerprint density at radius 2 is 1.45 bits per heavy atom. The second-order valence-corrected chi connectivity index (χ2v) is 14.7. The monoisotopic (exact) mass is 835 g/mol. The van der Waals surface area contributed by atoms with Crippen LogP contribution in [0, 0.1) is 17.0 Å². The molecule has 0 aliphatic rings. The Morgan fingerprint density at radius 1 is 0.810 bits per heavy atom. The number of carbonyl (C=O) groups excluding carboxylic acids is 1. The summed E-state index contributed by atoms with van der Waals surface area (Å²) in [7, 11) is -9.34. The van der Waals surface area contributed by atoms with Crippen LogP contribution in [0.15, 0.2) is 113 Å². The van der Waals surface area contributed by atoms with Crippen LogP contribution in [0.1, 0.15) is 18.4 Å². The molecular weight excluding hydrogens is 807 g/mol. The van der Waals surface area contributed by atoms with Crippen LogP contribution in [0.5, 0.6) is 11.5 Å². The number of ether oxygens (including phenoxy) is 1. The molecule has 0 heterocycles. The first-order valence-electron chi connectivity index (χ1n) is 16.1. The molecule has 1 amide bonds. The minimum absolute atomic E-state index is 0.0828. The Morgan fingerprint density at radius 3 is 2.07 bits per heavy atom. The van der Waals surface area contributed by atoms with Gasteiger partial charge in [0, 0.05) is 29.6 Å². The molecule has 5 aromatic carbocycles. The maximum absolute atomic E-state index is 12.6. The number of carboxylic acids is 1. The number of nitrogens with zero attached hydrogens (tertiary/aromatic N) is 7. The molecular formula is C34H29N9O13S2. The summed E-state index contributed by atoms with van der Waals surface area (Å²) in [6.07, 6.45) is -0.960. The fourth-order valence-corrected chi connectivity index (χ4v) is 6.55. The first kappa shape index (κ1) is 41.9. The van der Waals surface area contributed by atoms with Gasteiger partial charge in [0.25, 0.3) is 25.9 Å². The summed E-state index contributed by atoms with van der Waals surface area (Å²) in [5, 5.41) is 56.8. The highest BCUT2D eigenvalue weighted by Crippen LogP contribution is 2.49. The minimum atomic E-state index is -5.40. The van der Waals surface area contributed by atoms with Crippen molar-refractivity contribution in [2.24, 2.45) is 30.7 Å². The zero-order valence-corrected chi connectivity index (χ0v) is 31.5. The summed E-state index contributed by atoms with van der Waals surface area (Å²) in [4.78, 5) is 31.5. The highest BCUT2D eigenvalue weighted by Gasteiger charge is 2.29. The Bertz CT molecular complexity index is 2810. The summed E-state index contributed by atoms with van der Waals surface area (Å²) < 4.78 is 75.9. The normalized spacial score (nSPS) is 12.1. The number of aliphatic carboxylic acids is 1. The smallest absolute Gasteiger partial charge is 0.303 e. The Labute approximate surface area is 327 Å². The molecule has 0 atom stereocenters. The van der Waals surface area contributed by atoms with E-state index in [1.165, 1.54) is 19.2 Å². The number of hydrogen-bond donors (Lipinski definition) is 6. The zero-order valence-electron chi connectivity index (χ0n) is 29.8. The molecule has 0 aliphatic heterocycles. The predicted molar refractivity (Wildman–Crippen MR) is 205 cm³/mol. The molecule has 5 aromatic rings. The van der Waals surface area contributed by atoms with Crippen LogP contribution in [0.3, 0.4) is 0 Å². The molecule has 0 unspecified atom stereocenters. The summed E-state index contributed by atoms with van der Waals surface area (Å²) in [6, 6.07) is 16.0. The number of nitrogens with one attached hydrogen (secondary N) is 1. The molecule has 58 heavy (non-hydrogen) atoms. The third-order valence-electron chi connectivity index (χ3n) is 7.95. The van der Waals surface area contributed by atoms with Crippen molar-refractivity contribution in [3.05, 3.63) is 88.5 Å². The lowest BCUT2D eigenvalue weighted by molar-refractivity contribution is -0.384. The number of carboxylic acid groups (broad SMARTS) is 1. The second kappa shape index (κ2) is 16.8. The molecule has 22 nitrogen and oxygen atoms in total. The van der Waals surface area contributed by atoms with E-state index in [1.807, 2.05) is 6.07 Å². The number of amides is 1. The van der Waals surface area contributed by atoms with Gasteiger partial charge < -0.3 is 26.0 Å². The maximum atomic E-state index is 12.6. The van der Waals surface area contributed by atoms with E-state index in [0.29, 0.717) is 23.0 Å². The second-order valence-electron chi connectivity index (χ2n) is 11.9. The van der Waals surface area contributed by atoms with E-state index < -0.39 is 105 Å². The average molecular weight is 836 g/mol. The molecule has 0 bridgehead atoms. The molecule has 0 spiro atoms. The fraction of sp³-hybridized carbons (Fsp3) is 0.118. The first-order chi connectivity index (χ1) is 27.3. The van der Waals surface area contributed by atoms with Crippen molar-refractivity contribution in [2.45, 2.75) is 29.6 Å². The van der Waals surface area contributed by atoms with E-state index in [4.69, 9.17) is 15.6 Å². The quantitative estimate of drug-likeness (QED) is 0.0204. The maximum Gasteiger partial charge on any atom is 0.303 e. The molecule has 0 aliphatic carbocycles. The highest BCUT2D eigenvalue weighted by molar-refractivity contribution is 7.86. The Kier molecular flexibility index (Phi) is 12.2. The van der Waals surface area contributed by atoms with Gasteiger partial charge in [-0.1, -0.05) is 18.2 Å². The third kappa shape index (κ3) is 9.56. The molecule has 300 valence electrons. The van der Waals surface area contributed by atoms with Crippen molar-refractivity contribution in [3.8, 4) is 11.5 Å². The van der Waals surface area contributed by atoms with E-state index in [9.17, 15) is 50.8 Å². The van der Waals surface area contributed by atoms with Crippen LogP contribution >= 0.6 is 0 Å². The molecule has 0 radical (unpaired) electrons. The number of phenols is 1. The number of nitrogens with two attached hydrogens (primary N) is 1. The molecule has 7 N–H and O–H groups in total. The largest absolute Gasteiger partial charge is 0.505 e. The van der Waals surface area contributed by atoms with Crippen LogP contribution in [-0.4, -0.2) is 60.1 Å². The molecule has 0 fully saturated rings. The van der Waals surface area contributed by atoms with Gasteiger partial charge in [0.15, 0.2) is 11.4 Å². The molecule has 24 heteroatoms. The number of aryl methyl sites for hydroxylation is 1. The Balaban J connectivity index is 1.63. The van der Waals surface area contributed by atoms with Crippen molar-refractivity contribution in [1.82, 2.24) is 0 Å². The number of nitrogen functional groups attached to an aromatic ring is 1. The van der Waals surface area contributed by atoms with Crippen LogP contribution in [-0.2, 0) is 29.8 Å². The number of nitro benzene ring substituents is 1. The topological polar surface area (TPSA) is 348 Å². The summed E-state index contributed by atoms with van der Waals surface area (Å²) in [5.41, 5.74) is 4.33. The van der Waals surface area contributed by atoms with E-state index >= 15 is 0 Å². The standard InChI is InChI=1S/C34H29N9O13S2/c1-17-12-23(26(56-2)15-22(17)39-37-18-6-4-3-5-7-18)40-41-24-16-27(57(50,51)52)20-14-28(58(53,54)55)33(34(47)31(20)32(24)35)42-38-21-9-8-19(13-25(21)43(48)49)36-29(44)10-11-30(45)46/h3-9,12-16,47H,10-11,35H2,1-2H3,(H,36,44)(H,45,46)(H,50,51,52)(H,53,54,55). The van der Waals surface area contributed by atoms with Gasteiger partial charge in [-0.2, -0.15) is 27.1 Å². The van der Waals surface area contributed by atoms with Gasteiger partial charge in [-0.25, -0.2) is 0 Å². The van der Waals surface area contributed by atoms with Crippen molar-refractivity contribution >= 4 is 94.1 Å². The summed E-state index contributed by atoms with van der Waals surface area (Å²) in [5.74, 6) is -3.12. The van der Waals surface area contributed by atoms with Crippen LogP contribution in [0.2, 0.25) is 0 Å². The fourth-order valence-electron chi connectivity index (χ4n) is 5.20. The number of fused-ring (bicyclic) bond motifs is 1. The number of methoxy groups -OCH3 is 1. The highest BCUT2D eigenvalue weighted by atomic mass is 32.2. The third-order valence-corrected chi connectivity index (χ3v) is 9.71. The van der Waals surface area contributed by atoms with Crippen LogP contribution in [0.25, 0.3) is 10.8 Å². The number of benzene rings is 5. The summed E-state index contributed by atoms with van der Waals surface area (Å²) in [6.45, 7) is 1.69. The number of aromatic hydroxyl groups is 1. The van der Waals surface area contributed by atoms with Gasteiger partial charge in [0.1, 0.15) is 32.6 Å². The van der Waals surface area contributed by atoms with E-state index in [-0.39, 0.29) is 17.1 Å². The van der Waals surface area contributed by atoms with Gasteiger partial charge in [-0.05, 0) is 55.0 Å². The van der Waals surface area contributed by atoms with E-state index in [2.05, 4.69) is 36.0 Å². The van der Waals surface area contributed by atoms with Gasteiger partial charge in [-0.3, -0.25) is 28.8 Å². The SMILES string of the molecule is COc1cc(N=Nc2ccccc2)c(C)cc1N=Nc1cc(S(=O)(=O)O)c2cc(S(=O)(=O)O)c(N=Nc3ccc(NC(=O)CCC(=O)O)cc3[N+](=O)[O-])c(O)c2c1N. The van der Waals surface area contributed by atoms with Gasteiger partial charge in [0.2, 0.25) is 5.91 Å². The van der Waals surface area contributed by atoms with Gasteiger partial charge >= 0.3 is 5.97 Å². The zero-order chi connectivity index (χ0) is 42.5. The molecule has 0 aromatic heterocycles. The molecule has 5 rings (SSSR count). The first-order valence-corrected chi connectivity index (χ1v) is 19.0. The van der Waals surface area contributed by atoms with Crippen molar-refractivity contribution in [1.29, 1.82) is 0 Å². The van der Waals surface area contributed by atoms with Crippen LogP contribution in [0.4, 0.5) is 51.2 Å². The summed E-state index contributed by atoms with van der Waals surface area (Å²) >= 11 is 0. The Hall–Kier alpha value is -7.28. The van der Waals surface area contributed by atoms with Gasteiger partial charge in [0.05, 0.1) is 40.9 Å². The van der Waals surface area contributed by atoms with Crippen molar-refractivity contribution in [2.75, 3.05) is 18.2 Å². The average Bonchev–Trinajstić information content (AvgIpc) is 3.15. The number of carbonyl (C=O) groups is 2. The number of anilines is 2. The minimum Gasteiger partial charge on any atom is -0.505 e. The van der Waals surface area contributed by atoms with Crippen LogP contribution < -0.4 is 15.8 Å². The molecule has 0 saturated heterocycles. The lowest BCUT2D eigenvalue weighted by Gasteiger charge is -2.14. The number of nitro groups is 1. The lowest BCUT2D eigenvalue weighted by Crippen LogP contribution is -2.13. The number of phenolic OH excluding ortho intramolecular Hbond substituents is 1. The van der Waals surface area contributed by atoms with E-state index in [0.717, 1.165) is 24.3 Å². The van der Waals surface area contributed by atoms with Crippen molar-refractivity contribution < 1.29 is 55.4 Å². The number of rotatable bonds is 14. The van der Waals surface area contributed by atoms with Gasteiger partial charge in [-0.15, -0.1) is 20.5 Å². The number of azo groups is 3. The van der Waals surface area contributed by atoms with Crippen molar-refractivity contribution in [3.63, 3.8) is 0 Å². The number of hydrogen-bond acceptors (Lipinski definition) is 17.